The largest absolute Gasteiger partial charge is 0.444 e. The summed E-state index contributed by atoms with van der Waals surface area (Å²) in [5, 5.41) is 17.1. The molecule has 0 spiro atoms. The van der Waals surface area contributed by atoms with Gasteiger partial charge in [0.15, 0.2) is 0 Å². The first-order valence-corrected chi connectivity index (χ1v) is 11.1. The van der Waals surface area contributed by atoms with E-state index in [0.29, 0.717) is 11.7 Å². The molecule has 0 atom stereocenters. The number of piperidine rings is 2. The Balaban J connectivity index is 1.47. The van der Waals surface area contributed by atoms with Gasteiger partial charge in [0.05, 0.1) is 4.92 Å². The third-order valence-electron chi connectivity index (χ3n) is 6.04. The van der Waals surface area contributed by atoms with Crippen LogP contribution in [0.25, 0.3) is 0 Å². The van der Waals surface area contributed by atoms with Crippen LogP contribution in [-0.4, -0.2) is 66.8 Å². The number of hydrogen-bond acceptors (Lipinski definition) is 7. The monoisotopic (exact) mass is 433 g/mol. The van der Waals surface area contributed by atoms with Crippen LogP contribution in [-0.2, 0) is 4.74 Å². The molecule has 2 aliphatic rings. The summed E-state index contributed by atoms with van der Waals surface area (Å²) in [5.41, 5.74) is 1.19. The Morgan fingerprint density at radius 1 is 1.13 bits per heavy atom. The van der Waals surface area contributed by atoms with Crippen molar-refractivity contribution in [2.75, 3.05) is 43.4 Å². The molecule has 1 aromatic carbocycles. The van der Waals surface area contributed by atoms with Crippen LogP contribution >= 0.6 is 0 Å². The third-order valence-corrected chi connectivity index (χ3v) is 6.04. The number of hydrogen-bond donors (Lipinski definition) is 2. The lowest BCUT2D eigenvalue weighted by Gasteiger charge is -2.42. The maximum atomic E-state index is 12.0. The van der Waals surface area contributed by atoms with Gasteiger partial charge in [-0.15, -0.1) is 0 Å². The number of rotatable bonds is 5. The van der Waals surface area contributed by atoms with E-state index in [9.17, 15) is 14.9 Å². The molecule has 1 aromatic rings. The highest BCUT2D eigenvalue weighted by Gasteiger charge is 2.30. The highest BCUT2D eigenvalue weighted by molar-refractivity contribution is 5.69. The number of likely N-dealkylation sites (tertiary alicyclic amines) is 1. The summed E-state index contributed by atoms with van der Waals surface area (Å²) in [5.74, 6) is 0. The summed E-state index contributed by atoms with van der Waals surface area (Å²) >= 11 is 0. The molecular weight excluding hydrogens is 398 g/mol. The minimum Gasteiger partial charge on any atom is -0.444 e. The first kappa shape index (κ1) is 23.1. The fourth-order valence-corrected chi connectivity index (χ4v) is 4.45. The van der Waals surface area contributed by atoms with Gasteiger partial charge in [-0.05, 0) is 58.6 Å². The number of nitrogens with one attached hydrogen (secondary N) is 2. The van der Waals surface area contributed by atoms with E-state index in [0.717, 1.165) is 57.5 Å². The average molecular weight is 434 g/mol. The molecule has 2 aliphatic heterocycles. The van der Waals surface area contributed by atoms with Crippen LogP contribution in [0.15, 0.2) is 18.2 Å². The van der Waals surface area contributed by atoms with Crippen molar-refractivity contribution in [1.82, 2.24) is 10.2 Å². The van der Waals surface area contributed by atoms with Gasteiger partial charge in [-0.1, -0.05) is 0 Å². The van der Waals surface area contributed by atoms with Gasteiger partial charge in [-0.25, -0.2) is 4.79 Å². The second kappa shape index (κ2) is 9.72. The van der Waals surface area contributed by atoms with Crippen LogP contribution in [0.4, 0.5) is 21.9 Å². The van der Waals surface area contributed by atoms with E-state index in [1.807, 2.05) is 32.9 Å². The zero-order chi connectivity index (χ0) is 22.6. The molecule has 0 radical (unpaired) electrons. The number of carbonyl (C=O) groups excluding carboxylic acids is 1. The van der Waals surface area contributed by atoms with E-state index < -0.39 is 5.60 Å². The van der Waals surface area contributed by atoms with Crippen LogP contribution in [0, 0.1) is 10.1 Å². The van der Waals surface area contributed by atoms with Gasteiger partial charge in [-0.3, -0.25) is 10.1 Å². The number of carbonyl (C=O) groups is 1. The summed E-state index contributed by atoms with van der Waals surface area (Å²) in [6, 6.07) is 6.00. The lowest BCUT2D eigenvalue weighted by molar-refractivity contribution is -0.383. The summed E-state index contributed by atoms with van der Waals surface area (Å²) < 4.78 is 5.36. The first-order chi connectivity index (χ1) is 14.7. The maximum absolute atomic E-state index is 12.0. The van der Waals surface area contributed by atoms with Gasteiger partial charge < -0.3 is 25.2 Å². The molecule has 1 amide bonds. The number of amides is 1. The number of ether oxygens (including phenoxy) is 1. The molecule has 2 fully saturated rings. The van der Waals surface area contributed by atoms with E-state index in [1.165, 1.54) is 0 Å². The minimum absolute atomic E-state index is 0.101. The summed E-state index contributed by atoms with van der Waals surface area (Å²) in [6.07, 6.45) is 3.68. The van der Waals surface area contributed by atoms with Crippen LogP contribution in [0.5, 0.6) is 0 Å². The predicted octanol–water partition coefficient (Wildman–Crippen LogP) is 3.59. The molecule has 0 saturated carbocycles. The van der Waals surface area contributed by atoms with E-state index >= 15 is 0 Å². The summed E-state index contributed by atoms with van der Waals surface area (Å²) in [4.78, 5) is 27.6. The Morgan fingerprint density at radius 3 is 2.32 bits per heavy atom. The smallest absolute Gasteiger partial charge is 0.407 e. The fraction of sp³-hybridized carbons (Fsp3) is 0.682. The molecule has 2 heterocycles. The van der Waals surface area contributed by atoms with Crippen LogP contribution in [0.3, 0.4) is 0 Å². The van der Waals surface area contributed by atoms with Gasteiger partial charge in [0.25, 0.3) is 5.69 Å². The Hall–Kier alpha value is -2.55. The zero-order valence-corrected chi connectivity index (χ0v) is 19.0. The van der Waals surface area contributed by atoms with Gasteiger partial charge in [-0.2, -0.15) is 0 Å². The molecule has 0 unspecified atom stereocenters. The normalized spacial score (nSPS) is 19.2. The second-order valence-corrected chi connectivity index (χ2v) is 9.38. The highest BCUT2D eigenvalue weighted by Crippen LogP contribution is 2.31. The number of nitro benzene ring substituents is 1. The van der Waals surface area contributed by atoms with Crippen molar-refractivity contribution in [2.45, 2.75) is 64.1 Å². The zero-order valence-electron chi connectivity index (χ0n) is 19.0. The van der Waals surface area contributed by atoms with Crippen molar-refractivity contribution in [3.05, 3.63) is 28.3 Å². The molecule has 2 N–H and O–H groups in total. The van der Waals surface area contributed by atoms with Crippen LogP contribution in [0.1, 0.15) is 46.5 Å². The highest BCUT2D eigenvalue weighted by atomic mass is 16.6. The van der Waals surface area contributed by atoms with Crippen LogP contribution < -0.4 is 15.5 Å². The lowest BCUT2D eigenvalue weighted by Crippen LogP contribution is -2.51. The number of nitrogens with zero attached hydrogens (tertiary/aromatic N) is 3. The molecule has 0 aromatic heterocycles. The summed E-state index contributed by atoms with van der Waals surface area (Å²) in [6.45, 7) is 9.44. The molecule has 9 heteroatoms. The van der Waals surface area contributed by atoms with E-state index in [1.54, 1.807) is 13.1 Å². The number of benzene rings is 1. The van der Waals surface area contributed by atoms with E-state index in [2.05, 4.69) is 20.4 Å². The van der Waals surface area contributed by atoms with Crippen molar-refractivity contribution in [3.63, 3.8) is 0 Å². The molecule has 172 valence electrons. The minimum atomic E-state index is -0.476. The second-order valence-electron chi connectivity index (χ2n) is 9.38. The van der Waals surface area contributed by atoms with Crippen molar-refractivity contribution in [3.8, 4) is 0 Å². The molecule has 2 saturated heterocycles. The predicted molar refractivity (Wildman–Crippen MR) is 122 cm³/mol. The molecule has 0 aliphatic carbocycles. The third kappa shape index (κ3) is 6.22. The Labute approximate surface area is 184 Å². The van der Waals surface area contributed by atoms with Gasteiger partial charge in [0.1, 0.15) is 11.3 Å². The first-order valence-electron chi connectivity index (χ1n) is 11.1. The van der Waals surface area contributed by atoms with E-state index in [4.69, 9.17) is 4.74 Å². The molecular formula is C22H35N5O4. The fourth-order valence-electron chi connectivity index (χ4n) is 4.45. The van der Waals surface area contributed by atoms with Crippen molar-refractivity contribution >= 4 is 23.2 Å². The molecule has 0 bridgehead atoms. The molecule has 31 heavy (non-hydrogen) atoms. The van der Waals surface area contributed by atoms with Gasteiger partial charge in [0.2, 0.25) is 0 Å². The van der Waals surface area contributed by atoms with Gasteiger partial charge >= 0.3 is 6.09 Å². The van der Waals surface area contributed by atoms with Crippen molar-refractivity contribution in [1.29, 1.82) is 0 Å². The lowest BCUT2D eigenvalue weighted by atomic mass is 9.97. The Kier molecular flexibility index (Phi) is 7.25. The molecule has 3 rings (SSSR count). The number of nitro groups is 1. The maximum Gasteiger partial charge on any atom is 0.407 e. The van der Waals surface area contributed by atoms with Crippen LogP contribution in [0.2, 0.25) is 0 Å². The quantitative estimate of drug-likeness (QED) is 0.541. The Morgan fingerprint density at radius 2 is 1.77 bits per heavy atom. The average Bonchev–Trinajstić information content (AvgIpc) is 2.72. The van der Waals surface area contributed by atoms with Crippen molar-refractivity contribution in [2.24, 2.45) is 0 Å². The summed E-state index contributed by atoms with van der Waals surface area (Å²) in [7, 11) is 1.71. The van der Waals surface area contributed by atoms with Crippen molar-refractivity contribution < 1.29 is 14.5 Å². The number of anilines is 2. The number of alkyl carbamates (subject to hydrolysis) is 1. The molecule has 9 nitrogen and oxygen atoms in total. The Bertz CT molecular complexity index is 779. The topological polar surface area (TPSA) is 100.0 Å². The van der Waals surface area contributed by atoms with E-state index in [-0.39, 0.29) is 22.7 Å². The van der Waals surface area contributed by atoms with Gasteiger partial charge in [0, 0.05) is 57.1 Å². The standard InChI is InChI=1S/C22H35N5O4/c1-22(2,3)31-21(28)24-16-7-11-25(12-8-16)17-9-13-26(14-10-17)18-5-6-20(27(29)30)19(15-18)23-4/h5-6,15-17,23H,7-14H2,1-4H3,(H,24,28). The SMILES string of the molecule is CNc1cc(N2CCC(N3CCC(NC(=O)OC(C)(C)C)CC3)CC2)ccc1[N+](=O)[O-].